The lowest BCUT2D eigenvalue weighted by Crippen LogP contribution is -2.19. The highest BCUT2D eigenvalue weighted by molar-refractivity contribution is 7.91. The minimum absolute atomic E-state index is 0.0161. The average molecular weight is 370 g/mol. The summed E-state index contributed by atoms with van der Waals surface area (Å²) in [5.74, 6) is -2.37. The van der Waals surface area contributed by atoms with Gasteiger partial charge in [0.2, 0.25) is 20.7 Å². The summed E-state index contributed by atoms with van der Waals surface area (Å²) >= 11 is 0. The number of sulfone groups is 1. The van der Waals surface area contributed by atoms with Crippen LogP contribution in [0.5, 0.6) is 0 Å². The number of ketones is 2. The fourth-order valence-electron chi connectivity index (χ4n) is 2.84. The molecule has 2 aromatic carbocycles. The monoisotopic (exact) mass is 370 g/mol. The highest BCUT2D eigenvalue weighted by atomic mass is 32.2. The largest absolute Gasteiger partial charge is 0.440 e. The third-order valence-corrected chi connectivity index (χ3v) is 5.85. The lowest BCUT2D eigenvalue weighted by molar-refractivity contribution is 0.0957. The van der Waals surface area contributed by atoms with Crippen LogP contribution in [0, 0.1) is 12.7 Å². The summed E-state index contributed by atoms with van der Waals surface area (Å²) in [4.78, 5) is 25.1. The first-order chi connectivity index (χ1) is 12.3. The van der Waals surface area contributed by atoms with Gasteiger partial charge in [0.15, 0.2) is 11.5 Å². The van der Waals surface area contributed by atoms with Gasteiger partial charge >= 0.3 is 0 Å². The second kappa shape index (κ2) is 5.47. The molecule has 0 saturated heterocycles. The molecule has 3 aromatic rings. The van der Waals surface area contributed by atoms with Crippen molar-refractivity contribution < 1.29 is 26.8 Å². The maximum atomic E-state index is 13.4. The zero-order chi connectivity index (χ0) is 18.6. The Morgan fingerprint density at radius 3 is 2.23 bits per heavy atom. The van der Waals surface area contributed by atoms with E-state index in [0.29, 0.717) is 0 Å². The van der Waals surface area contributed by atoms with E-state index >= 15 is 0 Å². The van der Waals surface area contributed by atoms with Gasteiger partial charge in [0, 0.05) is 17.2 Å². The fraction of sp³-hybridized carbons (Fsp3) is 0.0526. The minimum atomic E-state index is -4.04. The maximum Gasteiger partial charge on any atom is 0.239 e. The number of halogens is 1. The molecule has 5 nitrogen and oxygen atoms in total. The van der Waals surface area contributed by atoms with Gasteiger partial charge in [-0.15, -0.1) is 0 Å². The van der Waals surface area contributed by atoms with Gasteiger partial charge in [-0.25, -0.2) is 12.8 Å². The molecule has 0 bridgehead atoms. The molecule has 130 valence electrons. The van der Waals surface area contributed by atoms with Crippen molar-refractivity contribution in [3.63, 3.8) is 0 Å². The van der Waals surface area contributed by atoms with Gasteiger partial charge in [-0.3, -0.25) is 9.59 Å². The molecule has 0 amide bonds. The van der Waals surface area contributed by atoms with Crippen LogP contribution in [0.25, 0.3) is 0 Å². The lowest BCUT2D eigenvalue weighted by atomic mass is 9.88. The van der Waals surface area contributed by atoms with E-state index in [4.69, 9.17) is 4.42 Å². The SMILES string of the molecule is Cc1ccc(S(=O)(=O)c2cc3c(o2)C(=O)c2cc(F)ccc2C3=O)cc1. The van der Waals surface area contributed by atoms with Crippen LogP contribution in [0.4, 0.5) is 4.39 Å². The van der Waals surface area contributed by atoms with Crippen LogP contribution in [0.15, 0.2) is 62.9 Å². The normalized spacial score (nSPS) is 13.5. The summed E-state index contributed by atoms with van der Waals surface area (Å²) in [5.41, 5.74) is 0.616. The van der Waals surface area contributed by atoms with Crippen LogP contribution in [-0.4, -0.2) is 20.0 Å². The molecule has 0 spiro atoms. The number of benzene rings is 2. The van der Waals surface area contributed by atoms with E-state index in [9.17, 15) is 22.4 Å². The van der Waals surface area contributed by atoms with Gasteiger partial charge in [0.1, 0.15) is 5.82 Å². The molecule has 0 saturated carbocycles. The van der Waals surface area contributed by atoms with Gasteiger partial charge in [0.25, 0.3) is 0 Å². The lowest BCUT2D eigenvalue weighted by Gasteiger charge is -2.12. The summed E-state index contributed by atoms with van der Waals surface area (Å²) in [6, 6.07) is 10.4. The fourth-order valence-corrected chi connectivity index (χ4v) is 4.03. The Balaban J connectivity index is 1.87. The van der Waals surface area contributed by atoms with E-state index in [1.807, 2.05) is 6.92 Å². The molecule has 1 aliphatic carbocycles. The number of aryl methyl sites for hydroxylation is 1. The van der Waals surface area contributed by atoms with Gasteiger partial charge in [-0.05, 0) is 37.3 Å². The van der Waals surface area contributed by atoms with Gasteiger partial charge < -0.3 is 4.42 Å². The Morgan fingerprint density at radius 1 is 0.846 bits per heavy atom. The van der Waals surface area contributed by atoms with E-state index in [1.165, 1.54) is 18.2 Å². The van der Waals surface area contributed by atoms with Crippen LogP contribution in [-0.2, 0) is 9.84 Å². The summed E-state index contributed by atoms with van der Waals surface area (Å²) in [6.07, 6.45) is 0. The van der Waals surface area contributed by atoms with Crippen LogP contribution >= 0.6 is 0 Å². The molecule has 4 rings (SSSR count). The number of furan rings is 1. The second-order valence-corrected chi connectivity index (χ2v) is 7.85. The van der Waals surface area contributed by atoms with Gasteiger partial charge in [0.05, 0.1) is 10.5 Å². The number of hydrogen-bond donors (Lipinski definition) is 0. The molecule has 1 aliphatic rings. The number of carbonyl (C=O) groups excluding carboxylic acids is 2. The predicted octanol–water partition coefficient (Wildman–Crippen LogP) is 3.34. The van der Waals surface area contributed by atoms with Crippen LogP contribution < -0.4 is 0 Å². The molecule has 7 heteroatoms. The highest BCUT2D eigenvalue weighted by Crippen LogP contribution is 2.33. The topological polar surface area (TPSA) is 81.4 Å². The van der Waals surface area contributed by atoms with E-state index in [2.05, 4.69) is 0 Å². The summed E-state index contributed by atoms with van der Waals surface area (Å²) in [6.45, 7) is 1.82. The standard InChI is InChI=1S/C19H11FO5S/c1-10-2-5-12(6-3-10)26(23,24)16-9-15-17(21)13-7-4-11(20)8-14(13)18(22)19(15)25-16/h2-9H,1H3. The van der Waals surface area contributed by atoms with Crippen molar-refractivity contribution in [2.75, 3.05) is 0 Å². The smallest absolute Gasteiger partial charge is 0.239 e. The van der Waals surface area contributed by atoms with Crippen LogP contribution in [0.2, 0.25) is 0 Å². The van der Waals surface area contributed by atoms with Crippen molar-refractivity contribution in [3.8, 4) is 0 Å². The molecular formula is C19H11FO5S. The quantitative estimate of drug-likeness (QED) is 0.541. The number of rotatable bonds is 2. The summed E-state index contributed by atoms with van der Waals surface area (Å²) < 4.78 is 44.1. The first kappa shape index (κ1) is 16.4. The van der Waals surface area contributed by atoms with Crippen molar-refractivity contribution in [2.45, 2.75) is 16.9 Å². The Labute approximate surface area is 148 Å². The van der Waals surface area contributed by atoms with E-state index in [0.717, 1.165) is 23.8 Å². The number of hydrogen-bond acceptors (Lipinski definition) is 5. The number of carbonyl (C=O) groups is 2. The van der Waals surface area contributed by atoms with E-state index < -0.39 is 38.1 Å². The second-order valence-electron chi connectivity index (χ2n) is 5.97. The molecule has 1 aromatic heterocycles. The van der Waals surface area contributed by atoms with Crippen molar-refractivity contribution in [3.05, 3.63) is 82.4 Å². The Bertz CT molecular complexity index is 1190. The average Bonchev–Trinajstić information content (AvgIpc) is 3.07. The van der Waals surface area contributed by atoms with Crippen molar-refractivity contribution in [1.82, 2.24) is 0 Å². The molecule has 0 aliphatic heterocycles. The van der Waals surface area contributed by atoms with Crippen molar-refractivity contribution in [2.24, 2.45) is 0 Å². The zero-order valence-corrected chi connectivity index (χ0v) is 14.3. The van der Waals surface area contributed by atoms with Crippen molar-refractivity contribution >= 4 is 21.4 Å². The first-order valence-corrected chi connectivity index (χ1v) is 9.12. The molecule has 0 fully saturated rings. The van der Waals surface area contributed by atoms with E-state index in [-0.39, 0.29) is 21.6 Å². The Kier molecular flexibility index (Phi) is 3.45. The Hall–Kier alpha value is -3.06. The van der Waals surface area contributed by atoms with Crippen LogP contribution in [0.1, 0.15) is 37.6 Å². The first-order valence-electron chi connectivity index (χ1n) is 7.63. The van der Waals surface area contributed by atoms with Gasteiger partial charge in [-0.2, -0.15) is 0 Å². The van der Waals surface area contributed by atoms with Crippen LogP contribution in [0.3, 0.4) is 0 Å². The van der Waals surface area contributed by atoms with Gasteiger partial charge in [-0.1, -0.05) is 17.7 Å². The summed E-state index contributed by atoms with van der Waals surface area (Å²) in [7, 11) is -4.04. The molecule has 0 N–H and O–H groups in total. The third kappa shape index (κ3) is 2.32. The summed E-state index contributed by atoms with van der Waals surface area (Å²) in [5, 5.41) is -0.499. The molecule has 26 heavy (non-hydrogen) atoms. The molecule has 1 heterocycles. The number of fused-ring (bicyclic) bond motifs is 2. The van der Waals surface area contributed by atoms with E-state index in [1.54, 1.807) is 12.1 Å². The highest BCUT2D eigenvalue weighted by Gasteiger charge is 2.36. The Morgan fingerprint density at radius 2 is 1.54 bits per heavy atom. The predicted molar refractivity (Wildman–Crippen MR) is 88.6 cm³/mol. The maximum absolute atomic E-state index is 13.4. The molecule has 0 atom stereocenters. The molecule has 0 radical (unpaired) electrons. The molecular weight excluding hydrogens is 359 g/mol. The molecule has 0 unspecified atom stereocenters. The zero-order valence-electron chi connectivity index (χ0n) is 13.4. The minimum Gasteiger partial charge on any atom is -0.440 e. The third-order valence-electron chi connectivity index (χ3n) is 4.23. The van der Waals surface area contributed by atoms with Crippen molar-refractivity contribution in [1.29, 1.82) is 0 Å².